The van der Waals surface area contributed by atoms with Crippen LogP contribution >= 0.6 is 0 Å². The molecular weight excluding hydrogens is 726 g/mol. The highest BCUT2D eigenvalue weighted by Crippen LogP contribution is 2.11. The van der Waals surface area contributed by atoms with E-state index in [1.165, 1.54) is 6.20 Å². The van der Waals surface area contributed by atoms with E-state index in [0.29, 0.717) is 30.5 Å². The molecule has 1 saturated heterocycles. The highest BCUT2D eigenvalue weighted by Gasteiger charge is 2.33. The number of nitrogens with two attached hydrogens (primary N) is 1. The molecule has 56 heavy (non-hydrogen) atoms. The molecule has 1 aromatic heterocycles. The van der Waals surface area contributed by atoms with Crippen LogP contribution in [0.5, 0.6) is 0 Å². The molecule has 1 fully saturated rings. The number of nitrogen functional groups attached to an aromatic ring is 1. The van der Waals surface area contributed by atoms with E-state index >= 15 is 0 Å². The first kappa shape index (κ1) is 44.6. The molecule has 0 bridgehead atoms. The summed E-state index contributed by atoms with van der Waals surface area (Å²) in [5.74, 6) is -4.51. The van der Waals surface area contributed by atoms with Crippen LogP contribution in [0.2, 0.25) is 0 Å². The van der Waals surface area contributed by atoms with Crippen molar-refractivity contribution in [2.24, 2.45) is 0 Å². The lowest BCUT2D eigenvalue weighted by Gasteiger charge is -2.26. The van der Waals surface area contributed by atoms with E-state index in [9.17, 15) is 33.6 Å². The van der Waals surface area contributed by atoms with Crippen molar-refractivity contribution in [3.8, 4) is 0 Å². The number of amides is 6. The second-order valence-corrected chi connectivity index (χ2v) is 14.4. The molecule has 0 aliphatic carbocycles. The Labute approximate surface area is 326 Å². The fourth-order valence-corrected chi connectivity index (χ4v) is 5.54. The van der Waals surface area contributed by atoms with Gasteiger partial charge >= 0.3 is 12.1 Å². The van der Waals surface area contributed by atoms with Gasteiger partial charge in [-0.1, -0.05) is 43.7 Å². The summed E-state index contributed by atoms with van der Waals surface area (Å²) in [5.41, 5.74) is 6.22. The van der Waals surface area contributed by atoms with Gasteiger partial charge < -0.3 is 47.1 Å². The molecule has 0 unspecified atom stereocenters. The quantitative estimate of drug-likeness (QED) is 0.0975. The Morgan fingerprint density at radius 3 is 2.18 bits per heavy atom. The zero-order chi connectivity index (χ0) is 41.1. The zero-order valence-electron chi connectivity index (χ0n) is 32.5. The maximum atomic E-state index is 14.1. The minimum atomic E-state index is -1.46. The van der Waals surface area contributed by atoms with Gasteiger partial charge in [-0.15, -0.1) is 0 Å². The van der Waals surface area contributed by atoms with E-state index in [2.05, 4.69) is 41.9 Å². The second-order valence-electron chi connectivity index (χ2n) is 14.4. The number of aryl methyl sites for hydroxylation is 1. The second kappa shape index (κ2) is 22.5. The molecule has 8 N–H and O–H groups in total. The number of carbonyl (C=O) groups excluding carboxylic acids is 7. The number of nitrogens with zero attached hydrogens (tertiary/aromatic N) is 2. The summed E-state index contributed by atoms with van der Waals surface area (Å²) in [6.07, 6.45) is 2.73. The van der Waals surface area contributed by atoms with Crippen molar-refractivity contribution in [3.05, 3.63) is 53.9 Å². The molecule has 6 amide bonds. The third-order valence-electron chi connectivity index (χ3n) is 8.40. The Kier molecular flexibility index (Phi) is 17.9. The summed E-state index contributed by atoms with van der Waals surface area (Å²) in [7, 11) is 0. The summed E-state index contributed by atoms with van der Waals surface area (Å²) in [4.78, 5) is 101. The number of ether oxygens (including phenoxy) is 2. The highest BCUT2D eigenvalue weighted by atomic mass is 16.6. The van der Waals surface area contributed by atoms with Crippen LogP contribution in [0.3, 0.4) is 0 Å². The van der Waals surface area contributed by atoms with Gasteiger partial charge in [-0.2, -0.15) is 0 Å². The molecular formula is C38H55N9O9. The summed E-state index contributed by atoms with van der Waals surface area (Å²) in [5, 5.41) is 15.7. The molecule has 18 heteroatoms. The number of alkyl carbamates (subject to hydrolysis) is 1. The van der Waals surface area contributed by atoms with Crippen LogP contribution in [0.25, 0.3) is 0 Å². The monoisotopic (exact) mass is 781 g/mol. The van der Waals surface area contributed by atoms with Gasteiger partial charge in [0.25, 0.3) is 0 Å². The number of nitrogens with one attached hydrogen (secondary N) is 6. The molecule has 1 aliphatic rings. The molecule has 4 atom stereocenters. The van der Waals surface area contributed by atoms with E-state index in [0.717, 1.165) is 6.42 Å². The molecule has 0 spiro atoms. The van der Waals surface area contributed by atoms with Crippen LogP contribution in [0.1, 0.15) is 83.9 Å². The Morgan fingerprint density at radius 2 is 1.50 bits per heavy atom. The normalized spacial score (nSPS) is 19.8. The summed E-state index contributed by atoms with van der Waals surface area (Å²) < 4.78 is 10.5. The number of carbonyl (C=O) groups is 7. The Hall–Kier alpha value is -5.81. The van der Waals surface area contributed by atoms with Crippen molar-refractivity contribution >= 4 is 47.5 Å². The average Bonchev–Trinajstić information content (AvgIpc) is 3.13. The lowest BCUT2D eigenvalue weighted by atomic mass is 10.0. The molecule has 0 saturated carbocycles. The standard InChI is InChI=1S/C38H55N9O9/c1-5-6-20-55-31(49)22-29-35(53)47-28(21-24-12-8-7-9-13-24)34(52)45-26(14-10-11-18-41-37(54)56-38(2,3)4)33(51)46-27(32(50)42-23-30(48)44-29)16-15-25-17-19-40-36(39)43-25/h7-9,12-13,17,19,26-29H,5-6,10-11,14-16,18,20-23H2,1-4H3,(H,41,54)(H,42,50)(H,44,48)(H,45,52)(H,46,51)(H,47,53)(H2,39,40,43)/t26-,27-,28+,29-/m0/s1. The van der Waals surface area contributed by atoms with Crippen LogP contribution < -0.4 is 37.6 Å². The maximum Gasteiger partial charge on any atom is 0.407 e. The van der Waals surface area contributed by atoms with Gasteiger partial charge in [-0.25, -0.2) is 14.8 Å². The largest absolute Gasteiger partial charge is 0.466 e. The Morgan fingerprint density at radius 1 is 0.839 bits per heavy atom. The molecule has 3 rings (SSSR count). The van der Waals surface area contributed by atoms with Crippen molar-refractivity contribution in [1.82, 2.24) is 41.9 Å². The number of esters is 1. The first-order valence-corrected chi connectivity index (χ1v) is 18.9. The number of unbranched alkanes of at least 4 members (excludes halogenated alkanes) is 2. The van der Waals surface area contributed by atoms with Crippen LogP contribution in [-0.4, -0.2) is 101 Å². The predicted molar refractivity (Wildman–Crippen MR) is 204 cm³/mol. The lowest BCUT2D eigenvalue weighted by Crippen LogP contribution is -2.58. The first-order valence-electron chi connectivity index (χ1n) is 18.9. The van der Waals surface area contributed by atoms with E-state index in [1.54, 1.807) is 57.2 Å². The molecule has 18 nitrogen and oxygen atoms in total. The SMILES string of the molecule is CCCCOC(=O)C[C@@H]1NC(=O)CNC(=O)[C@H](CCc2ccnc(N)n2)NC(=O)[C@H](CCCCNC(=O)OC(C)(C)C)NC(=O)[C@@H](Cc2ccccc2)NC1=O. The van der Waals surface area contributed by atoms with Crippen LogP contribution in [0.4, 0.5) is 10.7 Å². The minimum absolute atomic E-state index is 0.00109. The number of rotatable bonds is 15. The Balaban J connectivity index is 1.93. The first-order chi connectivity index (χ1) is 26.6. The minimum Gasteiger partial charge on any atom is -0.466 e. The van der Waals surface area contributed by atoms with Gasteiger partial charge in [-0.05, 0) is 70.9 Å². The third-order valence-corrected chi connectivity index (χ3v) is 8.40. The zero-order valence-corrected chi connectivity index (χ0v) is 32.5. The smallest absolute Gasteiger partial charge is 0.407 e. The number of aromatic nitrogens is 2. The summed E-state index contributed by atoms with van der Waals surface area (Å²) in [6, 6.07) is 5.32. The van der Waals surface area contributed by atoms with E-state index in [-0.39, 0.29) is 44.8 Å². The summed E-state index contributed by atoms with van der Waals surface area (Å²) in [6.45, 7) is 6.88. The number of hydrogen-bond acceptors (Lipinski definition) is 12. The van der Waals surface area contributed by atoms with Crippen LogP contribution in [-0.2, 0) is 51.1 Å². The number of benzene rings is 1. The molecule has 0 radical (unpaired) electrons. The Bertz CT molecular complexity index is 1650. The average molecular weight is 782 g/mol. The van der Waals surface area contributed by atoms with Gasteiger partial charge in [0, 0.05) is 24.9 Å². The topological polar surface area (TPSA) is 262 Å². The molecule has 306 valence electrons. The number of anilines is 1. The van der Waals surface area contributed by atoms with Crippen molar-refractivity contribution in [1.29, 1.82) is 0 Å². The molecule has 1 aromatic carbocycles. The van der Waals surface area contributed by atoms with Crippen LogP contribution in [0, 0.1) is 0 Å². The molecule has 1 aliphatic heterocycles. The van der Waals surface area contributed by atoms with Gasteiger partial charge in [0.1, 0.15) is 29.8 Å². The third kappa shape index (κ3) is 16.7. The number of hydrogen-bond donors (Lipinski definition) is 7. The maximum absolute atomic E-state index is 14.1. The van der Waals surface area contributed by atoms with Crippen molar-refractivity contribution < 1.29 is 43.0 Å². The van der Waals surface area contributed by atoms with Gasteiger partial charge in [0.05, 0.1) is 19.6 Å². The fourth-order valence-electron chi connectivity index (χ4n) is 5.54. The van der Waals surface area contributed by atoms with Crippen molar-refractivity contribution in [3.63, 3.8) is 0 Å². The van der Waals surface area contributed by atoms with Crippen molar-refractivity contribution in [2.45, 2.75) is 115 Å². The van der Waals surface area contributed by atoms with Crippen molar-refractivity contribution in [2.75, 3.05) is 25.4 Å². The predicted octanol–water partition coefficient (Wildman–Crippen LogP) is 0.732. The fraction of sp³-hybridized carbons (Fsp3) is 0.553. The van der Waals surface area contributed by atoms with E-state index in [1.807, 2.05) is 6.92 Å². The molecule has 2 aromatic rings. The highest BCUT2D eigenvalue weighted by molar-refractivity contribution is 5.98. The van der Waals surface area contributed by atoms with Crippen LogP contribution in [0.15, 0.2) is 42.6 Å². The molecule has 2 heterocycles. The van der Waals surface area contributed by atoms with Gasteiger partial charge in [0.2, 0.25) is 35.5 Å². The van der Waals surface area contributed by atoms with Gasteiger partial charge in [0.15, 0.2) is 0 Å². The van der Waals surface area contributed by atoms with E-state index in [4.69, 9.17) is 15.2 Å². The lowest BCUT2D eigenvalue weighted by molar-refractivity contribution is -0.146. The summed E-state index contributed by atoms with van der Waals surface area (Å²) >= 11 is 0. The van der Waals surface area contributed by atoms with E-state index < -0.39 is 84.3 Å². The van der Waals surface area contributed by atoms with Gasteiger partial charge in [-0.3, -0.25) is 28.8 Å².